The summed E-state index contributed by atoms with van der Waals surface area (Å²) in [6.07, 6.45) is 0. The monoisotopic (exact) mass is 365 g/mol. The lowest BCUT2D eigenvalue weighted by atomic mass is 10.1. The van der Waals surface area contributed by atoms with E-state index < -0.39 is 0 Å². The van der Waals surface area contributed by atoms with E-state index in [2.05, 4.69) is 28.9 Å². The van der Waals surface area contributed by atoms with Crippen LogP contribution in [0.15, 0.2) is 32.8 Å². The summed E-state index contributed by atoms with van der Waals surface area (Å²) in [5, 5.41) is 0. The molecular formula is C15H16BrN3OS. The Morgan fingerprint density at radius 1 is 1.19 bits per heavy atom. The first-order valence-electron chi connectivity index (χ1n) is 6.57. The highest BCUT2D eigenvalue weighted by Gasteiger charge is 2.15. The zero-order valence-electron chi connectivity index (χ0n) is 12.1. The van der Waals surface area contributed by atoms with Crippen LogP contribution in [0, 0.1) is 6.92 Å². The van der Waals surface area contributed by atoms with E-state index in [0.717, 1.165) is 25.3 Å². The Hall–Kier alpha value is -1.37. The van der Waals surface area contributed by atoms with Gasteiger partial charge in [-0.15, -0.1) is 11.3 Å². The van der Waals surface area contributed by atoms with E-state index in [4.69, 9.17) is 5.73 Å². The van der Waals surface area contributed by atoms with Gasteiger partial charge in [0, 0.05) is 19.0 Å². The molecule has 0 amide bonds. The summed E-state index contributed by atoms with van der Waals surface area (Å²) >= 11 is 5.19. The lowest BCUT2D eigenvalue weighted by molar-refractivity contribution is 0.795. The molecule has 0 spiro atoms. The van der Waals surface area contributed by atoms with Crippen molar-refractivity contribution in [2.75, 3.05) is 0 Å². The summed E-state index contributed by atoms with van der Waals surface area (Å²) < 4.78 is 4.42. The molecule has 0 aliphatic rings. The molecule has 3 rings (SSSR count). The van der Waals surface area contributed by atoms with Crippen molar-refractivity contribution >= 4 is 38.3 Å². The number of benzene rings is 1. The van der Waals surface area contributed by atoms with E-state index >= 15 is 0 Å². The molecule has 110 valence electrons. The Labute approximate surface area is 134 Å². The summed E-state index contributed by atoms with van der Waals surface area (Å²) in [6, 6.07) is 7.88. The molecule has 0 saturated heterocycles. The first-order valence-corrected chi connectivity index (χ1v) is 8.18. The molecule has 2 aromatic heterocycles. The second kappa shape index (κ2) is 5.12. The van der Waals surface area contributed by atoms with Crippen molar-refractivity contribution in [2.45, 2.75) is 13.0 Å². The highest BCUT2D eigenvalue weighted by molar-refractivity contribution is 9.11. The highest BCUT2D eigenvalue weighted by Crippen LogP contribution is 2.33. The molecule has 1 unspecified atom stereocenters. The van der Waals surface area contributed by atoms with Gasteiger partial charge in [-0.05, 0) is 52.2 Å². The minimum atomic E-state index is -0.181. The molecule has 1 aromatic carbocycles. The number of rotatable bonds is 2. The molecule has 0 aliphatic heterocycles. The maximum absolute atomic E-state index is 12.0. The number of hydrogen-bond donors (Lipinski definition) is 1. The van der Waals surface area contributed by atoms with Gasteiger partial charge in [0.1, 0.15) is 0 Å². The zero-order chi connectivity index (χ0) is 15.3. The molecule has 2 heterocycles. The average molecular weight is 366 g/mol. The minimum Gasteiger partial charge on any atom is -0.320 e. The van der Waals surface area contributed by atoms with E-state index in [1.807, 2.05) is 18.2 Å². The molecule has 0 fully saturated rings. The number of aromatic nitrogens is 2. The second-order valence-corrected chi connectivity index (χ2v) is 7.63. The Balaban J connectivity index is 2.12. The van der Waals surface area contributed by atoms with Crippen molar-refractivity contribution in [1.82, 2.24) is 9.13 Å². The molecule has 0 aliphatic carbocycles. The van der Waals surface area contributed by atoms with Crippen LogP contribution in [0.2, 0.25) is 0 Å². The number of halogens is 1. The van der Waals surface area contributed by atoms with Crippen LogP contribution < -0.4 is 11.4 Å². The van der Waals surface area contributed by atoms with E-state index in [0.29, 0.717) is 0 Å². The quantitative estimate of drug-likeness (QED) is 0.758. The molecule has 2 N–H and O–H groups in total. The van der Waals surface area contributed by atoms with Crippen LogP contribution >= 0.6 is 27.3 Å². The molecule has 4 nitrogen and oxygen atoms in total. The smallest absolute Gasteiger partial charge is 0.320 e. The number of hydrogen-bond acceptors (Lipinski definition) is 3. The molecule has 0 saturated carbocycles. The van der Waals surface area contributed by atoms with Gasteiger partial charge in [0.05, 0.1) is 20.9 Å². The third-order valence-electron chi connectivity index (χ3n) is 3.84. The van der Waals surface area contributed by atoms with Crippen LogP contribution in [0.25, 0.3) is 11.0 Å². The number of thiophene rings is 1. The first-order chi connectivity index (χ1) is 9.90. The molecule has 21 heavy (non-hydrogen) atoms. The fraction of sp³-hybridized carbons (Fsp3) is 0.267. The predicted octanol–water partition coefficient (Wildman–Crippen LogP) is 3.06. The van der Waals surface area contributed by atoms with Crippen molar-refractivity contribution in [2.24, 2.45) is 19.8 Å². The Morgan fingerprint density at radius 3 is 2.48 bits per heavy atom. The van der Waals surface area contributed by atoms with Gasteiger partial charge in [0.2, 0.25) is 0 Å². The second-order valence-electron chi connectivity index (χ2n) is 5.23. The van der Waals surface area contributed by atoms with Crippen molar-refractivity contribution in [3.8, 4) is 0 Å². The predicted molar refractivity (Wildman–Crippen MR) is 90.9 cm³/mol. The van der Waals surface area contributed by atoms with Crippen LogP contribution in [-0.2, 0) is 14.1 Å². The molecule has 0 radical (unpaired) electrons. The summed E-state index contributed by atoms with van der Waals surface area (Å²) in [7, 11) is 3.57. The van der Waals surface area contributed by atoms with Crippen molar-refractivity contribution in [3.05, 3.63) is 54.5 Å². The number of aryl methyl sites for hydroxylation is 3. The topological polar surface area (TPSA) is 52.9 Å². The number of nitrogens with zero attached hydrogens (tertiary/aromatic N) is 2. The fourth-order valence-corrected chi connectivity index (χ4v) is 4.12. The number of fused-ring (bicyclic) bond motifs is 1. The molecule has 3 aromatic rings. The Bertz CT molecular complexity index is 871. The van der Waals surface area contributed by atoms with E-state index in [1.165, 1.54) is 5.56 Å². The lowest BCUT2D eigenvalue weighted by Crippen LogP contribution is -2.19. The number of nitrogens with two attached hydrogens (primary N) is 1. The normalized spacial score (nSPS) is 13.0. The van der Waals surface area contributed by atoms with E-state index in [1.54, 1.807) is 34.6 Å². The van der Waals surface area contributed by atoms with Crippen molar-refractivity contribution in [3.63, 3.8) is 0 Å². The Morgan fingerprint density at radius 2 is 1.86 bits per heavy atom. The van der Waals surface area contributed by atoms with Gasteiger partial charge >= 0.3 is 5.69 Å². The van der Waals surface area contributed by atoms with Gasteiger partial charge < -0.3 is 5.73 Å². The summed E-state index contributed by atoms with van der Waals surface area (Å²) in [6.45, 7) is 2.06. The van der Waals surface area contributed by atoms with Gasteiger partial charge in [-0.2, -0.15) is 0 Å². The highest BCUT2D eigenvalue weighted by atomic mass is 79.9. The fourth-order valence-electron chi connectivity index (χ4n) is 2.52. The SMILES string of the molecule is Cc1cc(C(N)c2ccc3c(c2)n(C)c(=O)n3C)sc1Br. The van der Waals surface area contributed by atoms with Crippen LogP contribution in [0.3, 0.4) is 0 Å². The molecule has 0 bridgehead atoms. The largest absolute Gasteiger partial charge is 0.328 e. The van der Waals surface area contributed by atoms with Gasteiger partial charge in [-0.25, -0.2) is 4.79 Å². The zero-order valence-corrected chi connectivity index (χ0v) is 14.5. The average Bonchev–Trinajstić information content (AvgIpc) is 2.92. The van der Waals surface area contributed by atoms with E-state index in [-0.39, 0.29) is 11.7 Å². The van der Waals surface area contributed by atoms with Crippen LogP contribution in [0.1, 0.15) is 22.0 Å². The minimum absolute atomic E-state index is 0.0227. The molecule has 6 heteroatoms. The van der Waals surface area contributed by atoms with Gasteiger partial charge in [-0.3, -0.25) is 9.13 Å². The lowest BCUT2D eigenvalue weighted by Gasteiger charge is -2.10. The third-order valence-corrected chi connectivity index (χ3v) is 6.06. The summed E-state index contributed by atoms with van der Waals surface area (Å²) in [4.78, 5) is 13.1. The molecule has 1 atom stereocenters. The van der Waals surface area contributed by atoms with Gasteiger partial charge in [-0.1, -0.05) is 6.07 Å². The van der Waals surface area contributed by atoms with Gasteiger partial charge in [0.15, 0.2) is 0 Å². The van der Waals surface area contributed by atoms with Crippen molar-refractivity contribution in [1.29, 1.82) is 0 Å². The number of imidazole rings is 1. The van der Waals surface area contributed by atoms with Crippen LogP contribution in [0.4, 0.5) is 0 Å². The van der Waals surface area contributed by atoms with Crippen LogP contribution in [0.5, 0.6) is 0 Å². The molecular weight excluding hydrogens is 350 g/mol. The maximum atomic E-state index is 12.0. The van der Waals surface area contributed by atoms with E-state index in [9.17, 15) is 4.79 Å². The first kappa shape index (κ1) is 14.6. The standard InChI is InChI=1S/C15H16BrN3OS/c1-8-6-12(21-14(8)16)13(17)9-4-5-10-11(7-9)19(3)15(20)18(10)2/h4-7,13H,17H2,1-3H3. The van der Waals surface area contributed by atoms with Crippen molar-refractivity contribution < 1.29 is 0 Å². The Kier molecular flexibility index (Phi) is 3.55. The maximum Gasteiger partial charge on any atom is 0.328 e. The summed E-state index contributed by atoms with van der Waals surface area (Å²) in [5.41, 5.74) is 10.4. The summed E-state index contributed by atoms with van der Waals surface area (Å²) in [5.74, 6) is 0. The van der Waals surface area contributed by atoms with Gasteiger partial charge in [0.25, 0.3) is 0 Å². The third kappa shape index (κ3) is 2.27. The van der Waals surface area contributed by atoms with Crippen LogP contribution in [-0.4, -0.2) is 9.13 Å².